The first-order valence-electron chi connectivity index (χ1n) is 10.9. The second-order valence-corrected chi connectivity index (χ2v) is 8.83. The Kier molecular flexibility index (Phi) is 5.01. The second-order valence-electron chi connectivity index (χ2n) is 8.83. The summed E-state index contributed by atoms with van der Waals surface area (Å²) in [6, 6.07) is 8.68. The van der Waals surface area contributed by atoms with E-state index in [0.29, 0.717) is 30.3 Å². The molecule has 8 nitrogen and oxygen atoms in total. The molecule has 0 aliphatic heterocycles. The molecule has 0 aliphatic carbocycles. The average Bonchev–Trinajstić information content (AvgIpc) is 3.50. The van der Waals surface area contributed by atoms with Gasteiger partial charge in [-0.25, -0.2) is 4.98 Å². The summed E-state index contributed by atoms with van der Waals surface area (Å²) in [5.74, 6) is 1.47. The average molecular weight is 430 g/mol. The van der Waals surface area contributed by atoms with Gasteiger partial charge in [0.1, 0.15) is 0 Å². The summed E-state index contributed by atoms with van der Waals surface area (Å²) in [5, 5.41) is 17.8. The molecule has 0 saturated carbocycles. The molecule has 4 aromatic heterocycles. The van der Waals surface area contributed by atoms with E-state index in [1.165, 1.54) is 5.56 Å². The molecule has 1 aromatic carbocycles. The fraction of sp³-hybridized carbons (Fsp3) is 0.333. The standard InChI is InChI=1S/C24H27N7O/c1-13(2)21-17-10-15(24-30-28-20(32-24)12-31(5)14(3)4)6-7-19(17)27-22(21)16-8-9-25-23-18(16)11-26-29-23/h6-11,13-14,27H,12H2,1-5H3,(H,25,26,29). The SMILES string of the molecule is CC(C)c1c(-c2ccnc3[nH]ncc23)[nH]c2ccc(-c3nnc(CN(C)C(C)C)o3)cc12. The summed E-state index contributed by atoms with van der Waals surface area (Å²) >= 11 is 0. The van der Waals surface area contributed by atoms with Crippen LogP contribution in [-0.4, -0.2) is 48.4 Å². The summed E-state index contributed by atoms with van der Waals surface area (Å²) in [4.78, 5) is 10.2. The second kappa shape index (κ2) is 7.87. The molecule has 32 heavy (non-hydrogen) atoms. The molecule has 0 saturated heterocycles. The van der Waals surface area contributed by atoms with E-state index in [-0.39, 0.29) is 0 Å². The molecule has 5 aromatic rings. The third-order valence-electron chi connectivity index (χ3n) is 6.02. The molecule has 0 amide bonds. The number of hydrogen-bond donors (Lipinski definition) is 2. The molecule has 164 valence electrons. The first-order chi connectivity index (χ1) is 15.4. The maximum Gasteiger partial charge on any atom is 0.247 e. The van der Waals surface area contributed by atoms with E-state index >= 15 is 0 Å². The van der Waals surface area contributed by atoms with Gasteiger partial charge in [-0.2, -0.15) is 5.10 Å². The number of nitrogens with zero attached hydrogens (tertiary/aromatic N) is 5. The maximum absolute atomic E-state index is 5.98. The van der Waals surface area contributed by atoms with Crippen molar-refractivity contribution < 1.29 is 4.42 Å². The van der Waals surface area contributed by atoms with Crippen molar-refractivity contribution in [1.82, 2.24) is 35.3 Å². The van der Waals surface area contributed by atoms with Gasteiger partial charge >= 0.3 is 0 Å². The molecule has 0 atom stereocenters. The molecule has 0 bridgehead atoms. The fourth-order valence-corrected chi connectivity index (χ4v) is 4.06. The molecule has 0 spiro atoms. The molecular formula is C24H27N7O. The first-order valence-corrected chi connectivity index (χ1v) is 10.9. The highest BCUT2D eigenvalue weighted by atomic mass is 16.4. The van der Waals surface area contributed by atoms with E-state index in [9.17, 15) is 0 Å². The number of aromatic nitrogens is 6. The van der Waals surface area contributed by atoms with Gasteiger partial charge in [-0.1, -0.05) is 13.8 Å². The molecule has 5 rings (SSSR count). The van der Waals surface area contributed by atoms with Crippen LogP contribution in [0.2, 0.25) is 0 Å². The van der Waals surface area contributed by atoms with E-state index < -0.39 is 0 Å². The van der Waals surface area contributed by atoms with Crippen LogP contribution >= 0.6 is 0 Å². The van der Waals surface area contributed by atoms with Crippen molar-refractivity contribution in [3.8, 4) is 22.7 Å². The van der Waals surface area contributed by atoms with E-state index in [0.717, 1.165) is 38.8 Å². The predicted octanol–water partition coefficient (Wildman–Crippen LogP) is 5.12. The number of pyridine rings is 1. The van der Waals surface area contributed by atoms with Gasteiger partial charge in [0.15, 0.2) is 5.65 Å². The summed E-state index contributed by atoms with van der Waals surface area (Å²) in [6.45, 7) is 9.32. The lowest BCUT2D eigenvalue weighted by Crippen LogP contribution is -2.25. The van der Waals surface area contributed by atoms with Gasteiger partial charge in [0, 0.05) is 39.7 Å². The Morgan fingerprint density at radius 3 is 2.69 bits per heavy atom. The number of aromatic amines is 2. The van der Waals surface area contributed by atoms with Gasteiger partial charge < -0.3 is 9.40 Å². The maximum atomic E-state index is 5.98. The number of benzene rings is 1. The summed E-state index contributed by atoms with van der Waals surface area (Å²) in [6.07, 6.45) is 3.64. The van der Waals surface area contributed by atoms with Crippen LogP contribution in [0, 0.1) is 0 Å². The Morgan fingerprint density at radius 1 is 1.06 bits per heavy atom. The molecule has 0 radical (unpaired) electrons. The third-order valence-corrected chi connectivity index (χ3v) is 6.02. The fourth-order valence-electron chi connectivity index (χ4n) is 4.06. The van der Waals surface area contributed by atoms with Gasteiger partial charge in [0.2, 0.25) is 11.8 Å². The highest BCUT2D eigenvalue weighted by Gasteiger charge is 2.20. The smallest absolute Gasteiger partial charge is 0.247 e. The van der Waals surface area contributed by atoms with Crippen LogP contribution in [0.3, 0.4) is 0 Å². The van der Waals surface area contributed by atoms with Gasteiger partial charge in [0.25, 0.3) is 0 Å². The van der Waals surface area contributed by atoms with Gasteiger partial charge in [-0.15, -0.1) is 10.2 Å². The highest BCUT2D eigenvalue weighted by molar-refractivity contribution is 5.99. The Hall–Kier alpha value is -3.52. The van der Waals surface area contributed by atoms with Crippen LogP contribution in [0.15, 0.2) is 41.1 Å². The minimum absolute atomic E-state index is 0.307. The largest absolute Gasteiger partial charge is 0.419 e. The van der Waals surface area contributed by atoms with Gasteiger partial charge in [-0.05, 0) is 56.6 Å². The van der Waals surface area contributed by atoms with Crippen LogP contribution < -0.4 is 0 Å². The van der Waals surface area contributed by atoms with E-state index in [1.54, 1.807) is 0 Å². The lowest BCUT2D eigenvalue weighted by Gasteiger charge is -2.18. The van der Waals surface area contributed by atoms with Crippen LogP contribution in [0.1, 0.15) is 45.1 Å². The number of nitrogens with one attached hydrogen (secondary N) is 2. The van der Waals surface area contributed by atoms with Crippen LogP contribution in [0.4, 0.5) is 0 Å². The zero-order valence-corrected chi connectivity index (χ0v) is 19.0. The van der Waals surface area contributed by atoms with Crippen molar-refractivity contribution in [2.75, 3.05) is 7.05 Å². The zero-order chi connectivity index (χ0) is 22.4. The third kappa shape index (κ3) is 3.46. The van der Waals surface area contributed by atoms with Crippen LogP contribution in [-0.2, 0) is 6.54 Å². The number of fused-ring (bicyclic) bond motifs is 2. The quantitative estimate of drug-likeness (QED) is 0.389. The van der Waals surface area contributed by atoms with Gasteiger partial charge in [-0.3, -0.25) is 10.00 Å². The van der Waals surface area contributed by atoms with E-state index in [2.05, 4.69) is 75.1 Å². The number of rotatable bonds is 6. The Morgan fingerprint density at radius 2 is 1.91 bits per heavy atom. The zero-order valence-electron chi connectivity index (χ0n) is 19.0. The first kappa shape index (κ1) is 20.4. The van der Waals surface area contributed by atoms with Crippen LogP contribution in [0.25, 0.3) is 44.6 Å². The lowest BCUT2D eigenvalue weighted by molar-refractivity contribution is 0.240. The lowest BCUT2D eigenvalue weighted by atomic mass is 9.95. The van der Waals surface area contributed by atoms with Crippen molar-refractivity contribution in [3.63, 3.8) is 0 Å². The number of hydrogen-bond acceptors (Lipinski definition) is 6. The van der Waals surface area contributed by atoms with Crippen molar-refractivity contribution >= 4 is 21.9 Å². The number of H-pyrrole nitrogens is 2. The van der Waals surface area contributed by atoms with E-state index in [4.69, 9.17) is 4.42 Å². The Balaban J connectivity index is 1.60. The van der Waals surface area contributed by atoms with Crippen LogP contribution in [0.5, 0.6) is 0 Å². The van der Waals surface area contributed by atoms with Crippen molar-refractivity contribution in [2.45, 2.75) is 46.2 Å². The molecule has 8 heteroatoms. The summed E-state index contributed by atoms with van der Waals surface area (Å²) in [7, 11) is 2.05. The Bertz CT molecular complexity index is 1390. The highest BCUT2D eigenvalue weighted by Crippen LogP contribution is 2.39. The molecule has 0 aliphatic rings. The van der Waals surface area contributed by atoms with Crippen molar-refractivity contribution in [2.24, 2.45) is 0 Å². The Labute approximate surface area is 186 Å². The normalized spacial score (nSPS) is 12.2. The van der Waals surface area contributed by atoms with Crippen molar-refractivity contribution in [1.29, 1.82) is 0 Å². The summed E-state index contributed by atoms with van der Waals surface area (Å²) in [5.41, 5.74) is 6.18. The molecule has 0 unspecified atom stereocenters. The monoisotopic (exact) mass is 429 g/mol. The summed E-state index contributed by atoms with van der Waals surface area (Å²) < 4.78 is 5.98. The predicted molar refractivity (Wildman–Crippen MR) is 125 cm³/mol. The van der Waals surface area contributed by atoms with Crippen molar-refractivity contribution in [3.05, 3.63) is 48.1 Å². The minimum atomic E-state index is 0.307. The van der Waals surface area contributed by atoms with E-state index in [1.807, 2.05) is 31.6 Å². The minimum Gasteiger partial charge on any atom is -0.419 e. The molecule has 0 fully saturated rings. The molecule has 4 heterocycles. The van der Waals surface area contributed by atoms with Gasteiger partial charge in [0.05, 0.1) is 18.4 Å². The molecular weight excluding hydrogens is 402 g/mol. The molecule has 2 N–H and O–H groups in total. The topological polar surface area (TPSA) is 99.5 Å².